The standard InChI is InChI=1S/C23H35FN2O/c24-21-6-3-5-20(15-21)17-25(18-23-9-4-14-27-23)16-19-10-12-26(13-11-19)22-7-1-2-8-22/h3,5-6,15,19,22-23H,1-2,4,7-14,16-18H2/t23-/m1/s1. The number of halogens is 1. The number of rotatable bonds is 7. The predicted octanol–water partition coefficient (Wildman–Crippen LogP) is 4.46. The normalized spacial score (nSPS) is 25.6. The van der Waals surface area contributed by atoms with Gasteiger partial charge in [0.05, 0.1) is 6.10 Å². The van der Waals surface area contributed by atoms with Crippen molar-refractivity contribution in [2.75, 3.05) is 32.8 Å². The highest BCUT2D eigenvalue weighted by Crippen LogP contribution is 2.28. The molecule has 1 aromatic carbocycles. The average Bonchev–Trinajstić information content (AvgIpc) is 3.36. The zero-order valence-electron chi connectivity index (χ0n) is 16.6. The van der Waals surface area contributed by atoms with E-state index in [1.165, 1.54) is 70.5 Å². The summed E-state index contributed by atoms with van der Waals surface area (Å²) in [5.41, 5.74) is 1.08. The topological polar surface area (TPSA) is 15.7 Å². The van der Waals surface area contributed by atoms with Crippen molar-refractivity contribution in [3.05, 3.63) is 35.6 Å². The molecule has 0 N–H and O–H groups in total. The molecule has 3 fully saturated rings. The molecule has 0 spiro atoms. The third-order valence-corrected chi connectivity index (χ3v) is 6.79. The van der Waals surface area contributed by atoms with Gasteiger partial charge in [0, 0.05) is 32.3 Å². The molecule has 0 aromatic heterocycles. The van der Waals surface area contributed by atoms with E-state index in [2.05, 4.69) is 9.80 Å². The van der Waals surface area contributed by atoms with Crippen LogP contribution in [-0.2, 0) is 11.3 Å². The van der Waals surface area contributed by atoms with Crippen LogP contribution in [0.3, 0.4) is 0 Å². The first-order chi connectivity index (χ1) is 13.3. The van der Waals surface area contributed by atoms with Crippen LogP contribution >= 0.6 is 0 Å². The van der Waals surface area contributed by atoms with Crippen LogP contribution in [0.1, 0.15) is 56.9 Å². The Morgan fingerprint density at radius 2 is 1.81 bits per heavy atom. The quantitative estimate of drug-likeness (QED) is 0.701. The largest absolute Gasteiger partial charge is 0.377 e. The first-order valence-corrected chi connectivity index (χ1v) is 11.1. The Balaban J connectivity index is 1.32. The van der Waals surface area contributed by atoms with E-state index in [0.29, 0.717) is 6.10 Å². The maximum absolute atomic E-state index is 13.6. The van der Waals surface area contributed by atoms with Crippen LogP contribution in [0, 0.1) is 11.7 Å². The molecule has 0 unspecified atom stereocenters. The molecule has 4 heteroatoms. The zero-order chi connectivity index (χ0) is 18.5. The van der Waals surface area contributed by atoms with Gasteiger partial charge in [-0.25, -0.2) is 4.39 Å². The van der Waals surface area contributed by atoms with Gasteiger partial charge in [-0.15, -0.1) is 0 Å². The molecule has 0 radical (unpaired) electrons. The van der Waals surface area contributed by atoms with Crippen LogP contribution in [0.4, 0.5) is 4.39 Å². The lowest BCUT2D eigenvalue weighted by Crippen LogP contribution is -2.43. The fraction of sp³-hybridized carbons (Fsp3) is 0.739. The highest BCUT2D eigenvalue weighted by atomic mass is 19.1. The van der Waals surface area contributed by atoms with E-state index in [4.69, 9.17) is 4.74 Å². The van der Waals surface area contributed by atoms with Crippen molar-refractivity contribution in [3.63, 3.8) is 0 Å². The van der Waals surface area contributed by atoms with E-state index >= 15 is 0 Å². The second-order valence-electron chi connectivity index (χ2n) is 8.88. The monoisotopic (exact) mass is 374 g/mol. The van der Waals surface area contributed by atoms with Crippen molar-refractivity contribution in [1.82, 2.24) is 9.80 Å². The zero-order valence-corrected chi connectivity index (χ0v) is 16.6. The molecule has 2 saturated heterocycles. The number of likely N-dealkylation sites (tertiary alicyclic amines) is 1. The Morgan fingerprint density at radius 1 is 1.00 bits per heavy atom. The minimum atomic E-state index is -0.130. The van der Waals surface area contributed by atoms with Gasteiger partial charge in [-0.2, -0.15) is 0 Å². The molecule has 3 aliphatic rings. The Labute approximate surface area is 163 Å². The van der Waals surface area contributed by atoms with Gasteiger partial charge in [-0.05, 0) is 75.2 Å². The Morgan fingerprint density at radius 3 is 2.52 bits per heavy atom. The summed E-state index contributed by atoms with van der Waals surface area (Å²) in [6.45, 7) is 6.37. The van der Waals surface area contributed by atoms with Gasteiger partial charge in [-0.1, -0.05) is 25.0 Å². The van der Waals surface area contributed by atoms with Crippen molar-refractivity contribution >= 4 is 0 Å². The van der Waals surface area contributed by atoms with Gasteiger partial charge in [0.15, 0.2) is 0 Å². The number of hydrogen-bond donors (Lipinski definition) is 0. The molecule has 4 rings (SSSR count). The number of hydrogen-bond acceptors (Lipinski definition) is 3. The van der Waals surface area contributed by atoms with E-state index in [9.17, 15) is 4.39 Å². The van der Waals surface area contributed by atoms with E-state index in [-0.39, 0.29) is 5.82 Å². The molecule has 1 saturated carbocycles. The number of nitrogens with zero attached hydrogens (tertiary/aromatic N) is 2. The fourth-order valence-electron chi connectivity index (χ4n) is 5.31. The molecule has 2 heterocycles. The van der Waals surface area contributed by atoms with E-state index in [1.807, 2.05) is 12.1 Å². The van der Waals surface area contributed by atoms with E-state index < -0.39 is 0 Å². The summed E-state index contributed by atoms with van der Waals surface area (Å²) < 4.78 is 19.5. The summed E-state index contributed by atoms with van der Waals surface area (Å²) in [5, 5.41) is 0. The van der Waals surface area contributed by atoms with Gasteiger partial charge in [-0.3, -0.25) is 4.90 Å². The molecule has 2 aliphatic heterocycles. The van der Waals surface area contributed by atoms with Gasteiger partial charge in [0.2, 0.25) is 0 Å². The third kappa shape index (κ3) is 5.52. The minimum absolute atomic E-state index is 0.130. The number of ether oxygens (including phenoxy) is 1. The lowest BCUT2D eigenvalue weighted by Gasteiger charge is -2.38. The summed E-state index contributed by atoms with van der Waals surface area (Å²) in [5.74, 6) is 0.632. The van der Waals surface area contributed by atoms with Gasteiger partial charge in [0.25, 0.3) is 0 Å². The molecular formula is C23H35FN2O. The molecule has 1 aliphatic carbocycles. The summed E-state index contributed by atoms with van der Waals surface area (Å²) in [4.78, 5) is 5.28. The third-order valence-electron chi connectivity index (χ3n) is 6.79. The van der Waals surface area contributed by atoms with Crippen molar-refractivity contribution < 1.29 is 9.13 Å². The Kier molecular flexibility index (Phi) is 6.80. The SMILES string of the molecule is Fc1cccc(CN(CC2CCN(C3CCCC3)CC2)C[C@H]2CCCO2)c1. The molecule has 0 bridgehead atoms. The molecular weight excluding hydrogens is 339 g/mol. The van der Waals surface area contributed by atoms with Crippen LogP contribution in [0.5, 0.6) is 0 Å². The van der Waals surface area contributed by atoms with Crippen LogP contribution in [-0.4, -0.2) is 54.7 Å². The molecule has 0 amide bonds. The second kappa shape index (κ2) is 9.49. The maximum Gasteiger partial charge on any atom is 0.123 e. The summed E-state index contributed by atoms with van der Waals surface area (Å²) in [6, 6.07) is 7.96. The van der Waals surface area contributed by atoms with Crippen molar-refractivity contribution in [2.24, 2.45) is 5.92 Å². The first kappa shape index (κ1) is 19.4. The molecule has 3 nitrogen and oxygen atoms in total. The highest BCUT2D eigenvalue weighted by molar-refractivity contribution is 5.16. The molecule has 1 atom stereocenters. The fourth-order valence-corrected chi connectivity index (χ4v) is 5.31. The number of benzene rings is 1. The van der Waals surface area contributed by atoms with Crippen LogP contribution in [0.15, 0.2) is 24.3 Å². The van der Waals surface area contributed by atoms with Crippen LogP contribution in [0.2, 0.25) is 0 Å². The van der Waals surface area contributed by atoms with Gasteiger partial charge >= 0.3 is 0 Å². The predicted molar refractivity (Wildman–Crippen MR) is 107 cm³/mol. The van der Waals surface area contributed by atoms with Gasteiger partial charge in [0.1, 0.15) is 5.82 Å². The Hall–Kier alpha value is -0.970. The average molecular weight is 375 g/mol. The number of piperidine rings is 1. The second-order valence-corrected chi connectivity index (χ2v) is 8.88. The van der Waals surface area contributed by atoms with Crippen molar-refractivity contribution in [2.45, 2.75) is 70.1 Å². The smallest absolute Gasteiger partial charge is 0.123 e. The molecule has 27 heavy (non-hydrogen) atoms. The highest BCUT2D eigenvalue weighted by Gasteiger charge is 2.28. The summed E-state index contributed by atoms with van der Waals surface area (Å²) >= 11 is 0. The van der Waals surface area contributed by atoms with Crippen molar-refractivity contribution in [1.29, 1.82) is 0 Å². The minimum Gasteiger partial charge on any atom is -0.377 e. The first-order valence-electron chi connectivity index (χ1n) is 11.1. The van der Waals surface area contributed by atoms with Crippen LogP contribution in [0.25, 0.3) is 0 Å². The van der Waals surface area contributed by atoms with Gasteiger partial charge < -0.3 is 9.64 Å². The lowest BCUT2D eigenvalue weighted by atomic mass is 9.94. The Bertz CT molecular complexity index is 575. The molecule has 1 aromatic rings. The summed E-state index contributed by atoms with van der Waals surface area (Å²) in [7, 11) is 0. The summed E-state index contributed by atoms with van der Waals surface area (Å²) in [6.07, 6.45) is 11.0. The van der Waals surface area contributed by atoms with Crippen LogP contribution < -0.4 is 0 Å². The van der Waals surface area contributed by atoms with E-state index in [1.54, 1.807) is 6.07 Å². The van der Waals surface area contributed by atoms with E-state index in [0.717, 1.165) is 43.8 Å². The molecule has 150 valence electrons. The lowest BCUT2D eigenvalue weighted by molar-refractivity contribution is 0.0540. The van der Waals surface area contributed by atoms with Crippen molar-refractivity contribution in [3.8, 4) is 0 Å². The maximum atomic E-state index is 13.6.